The SMILES string of the molecule is CCN1CC=C2[C@@H](C1)[C@H](c1ccc(F)cc1)C(C#N)=C(N)C2(C#N)C#N. The topological polar surface area (TPSA) is 101 Å². The largest absolute Gasteiger partial charge is 0.399 e. The minimum absolute atomic E-state index is 0.00762. The highest BCUT2D eigenvalue weighted by Crippen LogP contribution is 2.52. The van der Waals surface area contributed by atoms with Gasteiger partial charge in [0.1, 0.15) is 5.82 Å². The molecule has 2 atom stereocenters. The fraction of sp³-hybridized carbons (Fsp3) is 0.350. The van der Waals surface area contributed by atoms with Crippen LogP contribution in [0.5, 0.6) is 0 Å². The van der Waals surface area contributed by atoms with E-state index in [0.29, 0.717) is 18.7 Å². The third-order valence-corrected chi connectivity index (χ3v) is 5.40. The summed E-state index contributed by atoms with van der Waals surface area (Å²) < 4.78 is 13.4. The second-order valence-electron chi connectivity index (χ2n) is 6.56. The van der Waals surface area contributed by atoms with Crippen molar-refractivity contribution >= 4 is 0 Å². The molecule has 1 aromatic carbocycles. The van der Waals surface area contributed by atoms with Gasteiger partial charge in [-0.25, -0.2) is 4.39 Å². The van der Waals surface area contributed by atoms with Crippen LogP contribution in [-0.4, -0.2) is 24.5 Å². The molecule has 0 radical (unpaired) electrons. The first-order valence-corrected chi connectivity index (χ1v) is 8.43. The van der Waals surface area contributed by atoms with Crippen molar-refractivity contribution in [1.82, 2.24) is 4.90 Å². The molecule has 3 rings (SSSR count). The molecule has 2 aliphatic rings. The van der Waals surface area contributed by atoms with Gasteiger partial charge in [-0.2, -0.15) is 15.8 Å². The van der Waals surface area contributed by atoms with Gasteiger partial charge in [0.15, 0.2) is 0 Å². The Bertz CT molecular complexity index is 893. The standard InChI is InChI=1S/C20H18FN5/c1-2-26-8-7-17-16(10-26)18(13-3-5-14(21)6-4-13)15(9-22)19(25)20(17,11-23)12-24/h3-7,16,18H,2,8,10,25H2,1H3/t16-,18-/m1/s1. The quantitative estimate of drug-likeness (QED) is 0.829. The maximum absolute atomic E-state index is 13.4. The van der Waals surface area contributed by atoms with Crippen LogP contribution in [0.4, 0.5) is 4.39 Å². The molecule has 2 N–H and O–H groups in total. The lowest BCUT2D eigenvalue weighted by Gasteiger charge is -2.44. The number of benzene rings is 1. The highest BCUT2D eigenvalue weighted by atomic mass is 19.1. The Morgan fingerprint density at radius 2 is 1.88 bits per heavy atom. The van der Waals surface area contributed by atoms with Crippen molar-refractivity contribution < 1.29 is 4.39 Å². The molecule has 6 heteroatoms. The number of nitrogens with two attached hydrogens (primary N) is 1. The summed E-state index contributed by atoms with van der Waals surface area (Å²) in [6, 6.07) is 12.2. The molecule has 0 spiro atoms. The van der Waals surface area contributed by atoms with Crippen LogP contribution >= 0.6 is 0 Å². The number of nitrogens with zero attached hydrogens (tertiary/aromatic N) is 4. The molecule has 0 saturated heterocycles. The highest BCUT2D eigenvalue weighted by Gasteiger charge is 2.52. The van der Waals surface area contributed by atoms with Gasteiger partial charge in [-0.1, -0.05) is 25.1 Å². The summed E-state index contributed by atoms with van der Waals surface area (Å²) in [6.07, 6.45) is 1.89. The second kappa shape index (κ2) is 6.64. The van der Waals surface area contributed by atoms with Gasteiger partial charge in [-0.3, -0.25) is 4.90 Å². The lowest BCUT2D eigenvalue weighted by molar-refractivity contribution is 0.234. The second-order valence-corrected chi connectivity index (χ2v) is 6.56. The van der Waals surface area contributed by atoms with E-state index >= 15 is 0 Å². The van der Waals surface area contributed by atoms with Crippen LogP contribution in [0.2, 0.25) is 0 Å². The van der Waals surface area contributed by atoms with E-state index in [-0.39, 0.29) is 23.0 Å². The van der Waals surface area contributed by atoms with Crippen molar-refractivity contribution in [3.8, 4) is 18.2 Å². The average molecular weight is 347 g/mol. The predicted octanol–water partition coefficient (Wildman–Crippen LogP) is 2.57. The highest BCUT2D eigenvalue weighted by molar-refractivity contribution is 5.58. The van der Waals surface area contributed by atoms with Crippen molar-refractivity contribution in [1.29, 1.82) is 15.8 Å². The molecule has 26 heavy (non-hydrogen) atoms. The predicted molar refractivity (Wildman–Crippen MR) is 93.3 cm³/mol. The molecule has 1 aliphatic carbocycles. The third kappa shape index (κ3) is 2.46. The van der Waals surface area contributed by atoms with Gasteiger partial charge in [-0.05, 0) is 29.8 Å². The van der Waals surface area contributed by atoms with E-state index in [1.54, 1.807) is 12.1 Å². The van der Waals surface area contributed by atoms with E-state index in [9.17, 15) is 20.2 Å². The number of hydrogen-bond donors (Lipinski definition) is 1. The Morgan fingerprint density at radius 3 is 2.42 bits per heavy atom. The van der Waals surface area contributed by atoms with Gasteiger partial charge in [0, 0.05) is 24.9 Å². The summed E-state index contributed by atoms with van der Waals surface area (Å²) in [7, 11) is 0. The molecule has 0 amide bonds. The van der Waals surface area contributed by atoms with Crippen molar-refractivity contribution in [2.75, 3.05) is 19.6 Å². The molecule has 0 saturated carbocycles. The Labute approximate surface area is 152 Å². The first-order valence-electron chi connectivity index (χ1n) is 8.43. The first kappa shape index (κ1) is 17.7. The van der Waals surface area contributed by atoms with Crippen LogP contribution in [-0.2, 0) is 0 Å². The van der Waals surface area contributed by atoms with Crippen LogP contribution in [0, 0.1) is 51.1 Å². The zero-order valence-electron chi connectivity index (χ0n) is 14.4. The molecule has 1 heterocycles. The molecule has 1 aliphatic heterocycles. The molecule has 0 fully saturated rings. The zero-order valence-corrected chi connectivity index (χ0v) is 14.4. The number of fused-ring (bicyclic) bond motifs is 1. The van der Waals surface area contributed by atoms with Crippen LogP contribution in [0.3, 0.4) is 0 Å². The van der Waals surface area contributed by atoms with Gasteiger partial charge >= 0.3 is 0 Å². The van der Waals surface area contributed by atoms with Crippen LogP contribution in [0.15, 0.2) is 47.2 Å². The Balaban J connectivity index is 2.28. The fourth-order valence-corrected chi connectivity index (χ4v) is 4.00. The molecule has 0 unspecified atom stereocenters. The molecule has 1 aromatic rings. The lowest BCUT2D eigenvalue weighted by atomic mass is 9.60. The van der Waals surface area contributed by atoms with Gasteiger partial charge in [0.05, 0.1) is 29.5 Å². The summed E-state index contributed by atoms with van der Waals surface area (Å²) in [5, 5.41) is 29.3. The maximum atomic E-state index is 13.4. The minimum Gasteiger partial charge on any atom is -0.399 e. The number of likely N-dealkylation sites (N-methyl/N-ethyl adjacent to an activating group) is 1. The average Bonchev–Trinajstić information content (AvgIpc) is 2.68. The van der Waals surface area contributed by atoms with Gasteiger partial charge in [0.2, 0.25) is 5.41 Å². The van der Waals surface area contributed by atoms with Crippen molar-refractivity contribution in [3.63, 3.8) is 0 Å². The van der Waals surface area contributed by atoms with E-state index < -0.39 is 11.3 Å². The maximum Gasteiger partial charge on any atom is 0.204 e. The fourth-order valence-electron chi connectivity index (χ4n) is 4.00. The smallest absolute Gasteiger partial charge is 0.204 e. The number of nitriles is 3. The Hall–Kier alpha value is -3.14. The van der Waals surface area contributed by atoms with E-state index in [1.165, 1.54) is 12.1 Å². The Kier molecular flexibility index (Phi) is 4.51. The van der Waals surface area contributed by atoms with Crippen molar-refractivity contribution in [2.24, 2.45) is 17.1 Å². The van der Waals surface area contributed by atoms with Crippen LogP contribution in [0.1, 0.15) is 18.4 Å². The monoisotopic (exact) mass is 347 g/mol. The van der Waals surface area contributed by atoms with Gasteiger partial charge < -0.3 is 5.73 Å². The Morgan fingerprint density at radius 1 is 1.23 bits per heavy atom. The summed E-state index contributed by atoms with van der Waals surface area (Å²) >= 11 is 0. The van der Waals surface area contributed by atoms with E-state index in [2.05, 4.69) is 23.1 Å². The normalized spacial score (nSPS) is 24.7. The molecule has 5 nitrogen and oxygen atoms in total. The van der Waals surface area contributed by atoms with E-state index in [4.69, 9.17) is 5.73 Å². The number of allylic oxidation sites excluding steroid dienone is 2. The summed E-state index contributed by atoms with van der Waals surface area (Å²) in [5.41, 5.74) is 6.21. The van der Waals surface area contributed by atoms with Crippen molar-refractivity contribution in [3.05, 3.63) is 58.6 Å². The molecule has 0 aromatic heterocycles. The van der Waals surface area contributed by atoms with E-state index in [0.717, 1.165) is 12.1 Å². The summed E-state index contributed by atoms with van der Waals surface area (Å²) in [5.74, 6) is -1.01. The number of hydrogen-bond acceptors (Lipinski definition) is 5. The number of halogens is 1. The zero-order chi connectivity index (χ0) is 18.9. The summed E-state index contributed by atoms with van der Waals surface area (Å²) in [6.45, 7) is 4.07. The number of rotatable bonds is 2. The van der Waals surface area contributed by atoms with E-state index in [1.807, 2.05) is 13.0 Å². The first-order chi connectivity index (χ1) is 12.5. The molecular weight excluding hydrogens is 329 g/mol. The minimum atomic E-state index is -1.62. The molecule has 130 valence electrons. The molecular formula is C20H18FN5. The summed E-state index contributed by atoms with van der Waals surface area (Å²) in [4.78, 5) is 2.18. The van der Waals surface area contributed by atoms with Crippen LogP contribution in [0.25, 0.3) is 0 Å². The lowest BCUT2D eigenvalue weighted by Crippen LogP contribution is -2.47. The molecule has 0 bridgehead atoms. The van der Waals surface area contributed by atoms with Gasteiger partial charge in [-0.15, -0.1) is 0 Å². The third-order valence-electron chi connectivity index (χ3n) is 5.40. The van der Waals surface area contributed by atoms with Crippen molar-refractivity contribution in [2.45, 2.75) is 12.8 Å². The van der Waals surface area contributed by atoms with Crippen LogP contribution < -0.4 is 5.73 Å². The van der Waals surface area contributed by atoms with Gasteiger partial charge in [0.25, 0.3) is 0 Å².